The summed E-state index contributed by atoms with van der Waals surface area (Å²) in [4.78, 5) is 2.46. The van der Waals surface area contributed by atoms with E-state index in [4.69, 9.17) is 11.6 Å². The number of rotatable bonds is 3. The Bertz CT molecular complexity index is 393. The van der Waals surface area contributed by atoms with Crippen molar-refractivity contribution < 1.29 is 0 Å². The van der Waals surface area contributed by atoms with Crippen molar-refractivity contribution in [3.63, 3.8) is 0 Å². The average Bonchev–Trinajstić information content (AvgIpc) is 2.61. The molecule has 19 heavy (non-hydrogen) atoms. The molecule has 1 saturated heterocycles. The Hall–Kier alpha value is 0.200. The highest BCUT2D eigenvalue weighted by molar-refractivity contribution is 9.10. The Balaban J connectivity index is 0.00000180. The van der Waals surface area contributed by atoms with Crippen LogP contribution in [0.5, 0.6) is 0 Å². The van der Waals surface area contributed by atoms with Crippen molar-refractivity contribution in [3.8, 4) is 0 Å². The summed E-state index contributed by atoms with van der Waals surface area (Å²) in [5.41, 5.74) is 1.30. The van der Waals surface area contributed by atoms with Crippen molar-refractivity contribution in [1.82, 2.24) is 10.2 Å². The van der Waals surface area contributed by atoms with E-state index in [-0.39, 0.29) is 12.4 Å². The minimum atomic E-state index is 0. The quantitative estimate of drug-likeness (QED) is 0.865. The first-order valence-electron chi connectivity index (χ1n) is 6.51. The molecule has 1 fully saturated rings. The summed E-state index contributed by atoms with van der Waals surface area (Å²) in [7, 11) is 2.22. The van der Waals surface area contributed by atoms with E-state index in [9.17, 15) is 0 Å². The second-order valence-corrected chi connectivity index (χ2v) is 6.28. The lowest BCUT2D eigenvalue weighted by atomic mass is 10.1. The number of hydrogen-bond donors (Lipinski definition) is 1. The summed E-state index contributed by atoms with van der Waals surface area (Å²) in [6.45, 7) is 3.27. The van der Waals surface area contributed by atoms with Gasteiger partial charge in [-0.15, -0.1) is 12.4 Å². The summed E-state index contributed by atoms with van der Waals surface area (Å²) >= 11 is 9.56. The summed E-state index contributed by atoms with van der Waals surface area (Å²) < 4.78 is 1.11. The highest BCUT2D eigenvalue weighted by Gasteiger charge is 2.17. The van der Waals surface area contributed by atoms with Crippen LogP contribution in [0.4, 0.5) is 0 Å². The Kier molecular flexibility index (Phi) is 7.70. The molecule has 1 aromatic carbocycles. The predicted octanol–water partition coefficient (Wildman–Crippen LogP) is 4.10. The van der Waals surface area contributed by atoms with Crippen LogP contribution in [0.15, 0.2) is 22.7 Å². The third-order valence-electron chi connectivity index (χ3n) is 3.60. The van der Waals surface area contributed by atoms with Gasteiger partial charge in [0, 0.05) is 22.1 Å². The smallest absolute Gasteiger partial charge is 0.0417 e. The monoisotopic (exact) mass is 366 g/mol. The minimum Gasteiger partial charge on any atom is -0.317 e. The normalized spacial score (nSPS) is 19.9. The molecule has 1 atom stereocenters. The van der Waals surface area contributed by atoms with Crippen LogP contribution in [0.1, 0.15) is 24.8 Å². The number of nitrogens with zero attached hydrogens (tertiary/aromatic N) is 1. The topological polar surface area (TPSA) is 15.3 Å². The number of halogens is 3. The van der Waals surface area contributed by atoms with Crippen molar-refractivity contribution in [3.05, 3.63) is 33.3 Å². The molecule has 0 radical (unpaired) electrons. The zero-order valence-electron chi connectivity index (χ0n) is 11.2. The van der Waals surface area contributed by atoms with E-state index in [2.05, 4.69) is 39.3 Å². The lowest BCUT2D eigenvalue weighted by Crippen LogP contribution is -2.32. The van der Waals surface area contributed by atoms with Crippen LogP contribution in [0.3, 0.4) is 0 Å². The number of nitrogens with one attached hydrogen (secondary N) is 1. The first kappa shape index (κ1) is 17.3. The fourth-order valence-electron chi connectivity index (χ4n) is 2.49. The molecule has 0 bridgehead atoms. The van der Waals surface area contributed by atoms with Gasteiger partial charge in [-0.05, 0) is 57.1 Å². The number of benzene rings is 1. The standard InChI is InChI=1S/C14H20BrClN2.ClH/c1-18(13-3-2-7-17-8-6-13)10-11-4-5-12(16)9-14(11)15;/h4-5,9,13,17H,2-3,6-8,10H2,1H3;1H. The van der Waals surface area contributed by atoms with Crippen LogP contribution < -0.4 is 5.32 Å². The second kappa shape index (κ2) is 8.48. The molecule has 0 amide bonds. The molecule has 1 heterocycles. The van der Waals surface area contributed by atoms with E-state index in [1.807, 2.05) is 12.1 Å². The molecular weight excluding hydrogens is 347 g/mol. The molecule has 1 aliphatic rings. The van der Waals surface area contributed by atoms with Crippen LogP contribution in [0.25, 0.3) is 0 Å². The van der Waals surface area contributed by atoms with Crippen molar-refractivity contribution in [2.45, 2.75) is 31.8 Å². The average molecular weight is 368 g/mol. The summed E-state index contributed by atoms with van der Waals surface area (Å²) in [5.74, 6) is 0. The van der Waals surface area contributed by atoms with Gasteiger partial charge >= 0.3 is 0 Å². The molecule has 5 heteroatoms. The van der Waals surface area contributed by atoms with Crippen LogP contribution >= 0.6 is 39.9 Å². The Morgan fingerprint density at radius 1 is 1.37 bits per heavy atom. The van der Waals surface area contributed by atoms with Gasteiger partial charge in [-0.25, -0.2) is 0 Å². The summed E-state index contributed by atoms with van der Waals surface area (Å²) in [6, 6.07) is 6.73. The summed E-state index contributed by atoms with van der Waals surface area (Å²) in [6.07, 6.45) is 3.80. The lowest BCUT2D eigenvalue weighted by molar-refractivity contribution is 0.216. The van der Waals surface area contributed by atoms with Gasteiger partial charge < -0.3 is 5.32 Å². The molecule has 108 valence electrons. The molecule has 1 N–H and O–H groups in total. The predicted molar refractivity (Wildman–Crippen MR) is 88.4 cm³/mol. The molecule has 0 saturated carbocycles. The first-order valence-corrected chi connectivity index (χ1v) is 7.69. The molecule has 2 nitrogen and oxygen atoms in total. The highest BCUT2D eigenvalue weighted by Crippen LogP contribution is 2.24. The first-order chi connectivity index (χ1) is 8.66. The Labute approximate surface area is 135 Å². The maximum atomic E-state index is 5.97. The summed E-state index contributed by atoms with van der Waals surface area (Å²) in [5, 5.41) is 4.25. The third-order valence-corrected chi connectivity index (χ3v) is 4.58. The van der Waals surface area contributed by atoms with Crippen molar-refractivity contribution in [2.24, 2.45) is 0 Å². The van der Waals surface area contributed by atoms with Gasteiger partial charge in [0.1, 0.15) is 0 Å². The zero-order valence-corrected chi connectivity index (χ0v) is 14.3. The molecule has 0 spiro atoms. The van der Waals surface area contributed by atoms with Gasteiger partial charge in [0.05, 0.1) is 0 Å². The van der Waals surface area contributed by atoms with E-state index in [1.54, 1.807) is 0 Å². The molecule has 1 aliphatic heterocycles. The molecule has 1 aromatic rings. The van der Waals surface area contributed by atoms with Crippen molar-refractivity contribution >= 4 is 39.9 Å². The van der Waals surface area contributed by atoms with E-state index in [0.29, 0.717) is 6.04 Å². The molecule has 0 aliphatic carbocycles. The Morgan fingerprint density at radius 3 is 2.89 bits per heavy atom. The van der Waals surface area contributed by atoms with Gasteiger partial charge in [0.15, 0.2) is 0 Å². The van der Waals surface area contributed by atoms with Crippen LogP contribution in [-0.4, -0.2) is 31.1 Å². The van der Waals surface area contributed by atoms with Crippen LogP contribution in [0.2, 0.25) is 5.02 Å². The zero-order chi connectivity index (χ0) is 13.0. The fourth-order valence-corrected chi connectivity index (χ4v) is 3.30. The molecule has 2 rings (SSSR count). The van der Waals surface area contributed by atoms with E-state index in [0.717, 1.165) is 29.1 Å². The van der Waals surface area contributed by atoms with Crippen molar-refractivity contribution in [2.75, 3.05) is 20.1 Å². The van der Waals surface area contributed by atoms with Crippen LogP contribution in [-0.2, 0) is 6.54 Å². The molecular formula is C14H21BrCl2N2. The molecule has 1 unspecified atom stereocenters. The van der Waals surface area contributed by atoms with Crippen molar-refractivity contribution in [1.29, 1.82) is 0 Å². The van der Waals surface area contributed by atoms with Gasteiger partial charge in [-0.2, -0.15) is 0 Å². The highest BCUT2D eigenvalue weighted by atomic mass is 79.9. The SMILES string of the molecule is CN(Cc1ccc(Cl)cc1Br)C1CCCNCC1.Cl. The Morgan fingerprint density at radius 2 is 2.16 bits per heavy atom. The molecule has 0 aromatic heterocycles. The maximum Gasteiger partial charge on any atom is 0.0417 e. The van der Waals surface area contributed by atoms with Crippen LogP contribution in [0, 0.1) is 0 Å². The fraction of sp³-hybridized carbons (Fsp3) is 0.571. The van der Waals surface area contributed by atoms with E-state index < -0.39 is 0 Å². The van der Waals surface area contributed by atoms with E-state index in [1.165, 1.54) is 24.8 Å². The lowest BCUT2D eigenvalue weighted by Gasteiger charge is -2.27. The maximum absolute atomic E-state index is 5.97. The van der Waals surface area contributed by atoms with Gasteiger partial charge in [-0.1, -0.05) is 33.6 Å². The second-order valence-electron chi connectivity index (χ2n) is 4.99. The van der Waals surface area contributed by atoms with E-state index >= 15 is 0 Å². The van der Waals surface area contributed by atoms with Gasteiger partial charge in [0.2, 0.25) is 0 Å². The van der Waals surface area contributed by atoms with Gasteiger partial charge in [-0.3, -0.25) is 4.90 Å². The van der Waals surface area contributed by atoms with Gasteiger partial charge in [0.25, 0.3) is 0 Å². The minimum absolute atomic E-state index is 0. The third kappa shape index (κ3) is 5.24. The number of hydrogen-bond acceptors (Lipinski definition) is 2. The largest absolute Gasteiger partial charge is 0.317 e.